The van der Waals surface area contributed by atoms with Crippen molar-refractivity contribution in [1.82, 2.24) is 0 Å². The summed E-state index contributed by atoms with van der Waals surface area (Å²) in [5.74, 6) is 0.394. The Morgan fingerprint density at radius 1 is 1.00 bits per heavy atom. The van der Waals surface area contributed by atoms with E-state index in [1.54, 1.807) is 0 Å². The van der Waals surface area contributed by atoms with Gasteiger partial charge in [0.2, 0.25) is 0 Å². The molecule has 0 aliphatic heterocycles. The second-order valence-corrected chi connectivity index (χ2v) is 5.01. The van der Waals surface area contributed by atoms with Crippen LogP contribution in [0.25, 0.3) is 0 Å². The van der Waals surface area contributed by atoms with Gasteiger partial charge in [-0.25, -0.2) is 4.79 Å². The van der Waals surface area contributed by atoms with Crippen LogP contribution in [0.2, 0.25) is 0 Å². The first-order chi connectivity index (χ1) is 9.76. The number of esters is 1. The molecule has 0 saturated carbocycles. The fraction of sp³-hybridized carbons (Fsp3) is 0.389. The van der Waals surface area contributed by atoms with Gasteiger partial charge in [0.15, 0.2) is 0 Å². The fourth-order valence-corrected chi connectivity index (χ4v) is 2.73. The van der Waals surface area contributed by atoms with E-state index in [0.717, 1.165) is 18.4 Å². The Balaban J connectivity index is 2.28. The zero-order chi connectivity index (χ0) is 14.4. The zero-order valence-electron chi connectivity index (χ0n) is 12.2. The Morgan fingerprint density at radius 2 is 1.60 bits per heavy atom. The number of rotatable bonds is 6. The van der Waals surface area contributed by atoms with E-state index in [-0.39, 0.29) is 11.9 Å². The Labute approximate surface area is 121 Å². The molecule has 0 bridgehead atoms. The molecule has 0 saturated heterocycles. The summed E-state index contributed by atoms with van der Waals surface area (Å²) >= 11 is 0. The van der Waals surface area contributed by atoms with E-state index >= 15 is 0 Å². The standard InChI is InChI=1S/C18H22O2/c1-3-16(15-11-7-8-12-15)17(18(19)20-4-2)13-14-9-5-6-10-14/h5-12,14-15H,3-4,13H2,1-2H3. The van der Waals surface area contributed by atoms with Crippen LogP contribution < -0.4 is 0 Å². The molecule has 0 heterocycles. The maximum atomic E-state index is 12.3. The number of carbonyl (C=O) groups is 1. The topological polar surface area (TPSA) is 26.3 Å². The summed E-state index contributed by atoms with van der Waals surface area (Å²) in [6.07, 6.45) is 18.3. The van der Waals surface area contributed by atoms with Gasteiger partial charge >= 0.3 is 5.97 Å². The van der Waals surface area contributed by atoms with E-state index in [2.05, 4.69) is 31.2 Å². The van der Waals surface area contributed by atoms with E-state index in [0.29, 0.717) is 12.5 Å². The lowest BCUT2D eigenvalue weighted by molar-refractivity contribution is -0.138. The van der Waals surface area contributed by atoms with Crippen molar-refractivity contribution >= 4 is 5.97 Å². The maximum Gasteiger partial charge on any atom is 0.334 e. The smallest absolute Gasteiger partial charge is 0.334 e. The summed E-state index contributed by atoms with van der Waals surface area (Å²) in [5.41, 5.74) is 2.03. The van der Waals surface area contributed by atoms with Crippen molar-refractivity contribution in [2.24, 2.45) is 11.8 Å². The van der Waals surface area contributed by atoms with Gasteiger partial charge in [-0.15, -0.1) is 0 Å². The Bertz CT molecular complexity index is 480. The molecule has 0 fully saturated rings. The minimum atomic E-state index is -0.160. The molecule has 0 aromatic rings. The summed E-state index contributed by atoms with van der Waals surface area (Å²) in [6, 6.07) is 0. The largest absolute Gasteiger partial charge is 0.463 e. The minimum absolute atomic E-state index is 0.160. The molecule has 0 N–H and O–H groups in total. The summed E-state index contributed by atoms with van der Waals surface area (Å²) < 4.78 is 5.26. The van der Waals surface area contributed by atoms with Crippen molar-refractivity contribution in [1.29, 1.82) is 0 Å². The first-order valence-corrected chi connectivity index (χ1v) is 7.35. The number of ether oxygens (including phenoxy) is 1. The van der Waals surface area contributed by atoms with Crippen molar-refractivity contribution in [2.75, 3.05) is 6.61 Å². The molecule has 0 atom stereocenters. The third kappa shape index (κ3) is 3.38. The first kappa shape index (κ1) is 14.6. The lowest BCUT2D eigenvalue weighted by Gasteiger charge is -2.18. The lowest BCUT2D eigenvalue weighted by Crippen LogP contribution is -2.15. The third-order valence-electron chi connectivity index (χ3n) is 3.71. The second kappa shape index (κ2) is 7.09. The number of carbonyl (C=O) groups excluding carboxylic acids is 1. The monoisotopic (exact) mass is 270 g/mol. The molecule has 0 aromatic heterocycles. The van der Waals surface area contributed by atoms with Crippen LogP contribution >= 0.6 is 0 Å². The molecule has 2 heteroatoms. The van der Waals surface area contributed by atoms with E-state index in [1.807, 2.05) is 31.2 Å². The number of allylic oxidation sites excluding steroid dienone is 9. The number of hydrogen-bond acceptors (Lipinski definition) is 2. The second-order valence-electron chi connectivity index (χ2n) is 5.01. The van der Waals surface area contributed by atoms with Crippen LogP contribution in [-0.4, -0.2) is 12.6 Å². The molecule has 0 spiro atoms. The van der Waals surface area contributed by atoms with Crippen LogP contribution in [0.4, 0.5) is 0 Å². The molecule has 0 unspecified atom stereocenters. The van der Waals surface area contributed by atoms with Crippen LogP contribution in [-0.2, 0) is 9.53 Å². The lowest BCUT2D eigenvalue weighted by atomic mass is 9.88. The molecule has 0 amide bonds. The van der Waals surface area contributed by atoms with Crippen molar-refractivity contribution < 1.29 is 9.53 Å². The molecule has 106 valence electrons. The van der Waals surface area contributed by atoms with Gasteiger partial charge in [-0.05, 0) is 31.3 Å². The molecule has 2 aliphatic rings. The van der Waals surface area contributed by atoms with Crippen LogP contribution in [0.5, 0.6) is 0 Å². The highest BCUT2D eigenvalue weighted by molar-refractivity contribution is 5.89. The van der Waals surface area contributed by atoms with Gasteiger partial charge in [-0.3, -0.25) is 0 Å². The molecule has 2 aliphatic carbocycles. The fourth-order valence-electron chi connectivity index (χ4n) is 2.73. The van der Waals surface area contributed by atoms with E-state index in [1.165, 1.54) is 5.57 Å². The quantitative estimate of drug-likeness (QED) is 0.536. The Hall–Kier alpha value is -1.83. The van der Waals surface area contributed by atoms with Gasteiger partial charge in [-0.1, -0.05) is 55.5 Å². The Kier molecular flexibility index (Phi) is 5.16. The summed E-state index contributed by atoms with van der Waals surface area (Å²) in [7, 11) is 0. The van der Waals surface area contributed by atoms with Crippen molar-refractivity contribution in [2.45, 2.75) is 26.7 Å². The van der Waals surface area contributed by atoms with Crippen LogP contribution in [0.15, 0.2) is 59.8 Å². The highest BCUT2D eigenvalue weighted by Gasteiger charge is 2.22. The average Bonchev–Trinajstić information content (AvgIpc) is 3.11. The summed E-state index contributed by atoms with van der Waals surface area (Å²) in [6.45, 7) is 4.38. The van der Waals surface area contributed by atoms with Gasteiger partial charge in [-0.2, -0.15) is 0 Å². The molecule has 2 nitrogen and oxygen atoms in total. The third-order valence-corrected chi connectivity index (χ3v) is 3.71. The van der Waals surface area contributed by atoms with E-state index in [9.17, 15) is 4.79 Å². The van der Waals surface area contributed by atoms with E-state index in [4.69, 9.17) is 4.74 Å². The van der Waals surface area contributed by atoms with Gasteiger partial charge in [0.1, 0.15) is 0 Å². The number of hydrogen-bond donors (Lipinski definition) is 0. The normalized spacial score (nSPS) is 18.9. The SMILES string of the molecule is CCOC(=O)C(CC1C=CC=C1)=C(CC)C1C=CC=C1. The minimum Gasteiger partial charge on any atom is -0.463 e. The molecular weight excluding hydrogens is 248 g/mol. The highest BCUT2D eigenvalue weighted by atomic mass is 16.5. The zero-order valence-corrected chi connectivity index (χ0v) is 12.2. The predicted molar refractivity (Wildman–Crippen MR) is 82.1 cm³/mol. The van der Waals surface area contributed by atoms with Gasteiger partial charge in [0.25, 0.3) is 0 Å². The molecule has 2 rings (SSSR count). The van der Waals surface area contributed by atoms with Crippen molar-refractivity contribution in [3.8, 4) is 0 Å². The molecular formula is C18H22O2. The van der Waals surface area contributed by atoms with Gasteiger partial charge < -0.3 is 4.74 Å². The Morgan fingerprint density at radius 3 is 2.15 bits per heavy atom. The predicted octanol–water partition coefficient (Wildman–Crippen LogP) is 4.13. The van der Waals surface area contributed by atoms with Crippen molar-refractivity contribution in [3.63, 3.8) is 0 Å². The van der Waals surface area contributed by atoms with Crippen LogP contribution in [0.3, 0.4) is 0 Å². The average molecular weight is 270 g/mol. The van der Waals surface area contributed by atoms with Gasteiger partial charge in [0, 0.05) is 11.5 Å². The van der Waals surface area contributed by atoms with Gasteiger partial charge in [0.05, 0.1) is 6.61 Å². The molecule has 20 heavy (non-hydrogen) atoms. The van der Waals surface area contributed by atoms with Crippen molar-refractivity contribution in [3.05, 3.63) is 59.8 Å². The van der Waals surface area contributed by atoms with Crippen LogP contribution in [0.1, 0.15) is 26.7 Å². The molecule has 0 aromatic carbocycles. The van der Waals surface area contributed by atoms with Crippen LogP contribution in [0, 0.1) is 11.8 Å². The molecule has 0 radical (unpaired) electrons. The summed E-state index contributed by atoms with van der Waals surface area (Å²) in [5, 5.41) is 0. The summed E-state index contributed by atoms with van der Waals surface area (Å²) in [4.78, 5) is 12.3. The maximum absolute atomic E-state index is 12.3. The highest BCUT2D eigenvalue weighted by Crippen LogP contribution is 2.30. The van der Waals surface area contributed by atoms with E-state index < -0.39 is 0 Å². The first-order valence-electron chi connectivity index (χ1n) is 7.35.